The zero-order valence-electron chi connectivity index (χ0n) is 45.1. The number of amides is 3. The van der Waals surface area contributed by atoms with Crippen molar-refractivity contribution in [1.29, 1.82) is 0 Å². The zero-order valence-corrected chi connectivity index (χ0v) is 45.1. The number of fused-ring (bicyclic) bond motifs is 8. The summed E-state index contributed by atoms with van der Waals surface area (Å²) in [4.78, 5) is 54.9. The molecule has 6 saturated carbocycles. The van der Waals surface area contributed by atoms with Crippen LogP contribution in [0.3, 0.4) is 0 Å². The second-order valence-electron chi connectivity index (χ2n) is 24.7. The molecule has 2 aromatic carbocycles. The van der Waals surface area contributed by atoms with Crippen LogP contribution in [0.2, 0.25) is 0 Å². The second kappa shape index (κ2) is 21.2. The van der Waals surface area contributed by atoms with E-state index in [2.05, 4.69) is 5.32 Å². The van der Waals surface area contributed by atoms with Gasteiger partial charge in [-0.2, -0.15) is 10.2 Å². The number of aromatic nitrogens is 4. The van der Waals surface area contributed by atoms with Gasteiger partial charge in [0, 0.05) is 31.5 Å². The fourth-order valence-electron chi connectivity index (χ4n) is 12.5. The molecule has 74 heavy (non-hydrogen) atoms. The van der Waals surface area contributed by atoms with Gasteiger partial charge in [-0.05, 0) is 203 Å². The first-order valence-electron chi connectivity index (χ1n) is 26.9. The van der Waals surface area contributed by atoms with Crippen LogP contribution in [0.5, 0.6) is 0 Å². The summed E-state index contributed by atoms with van der Waals surface area (Å²) in [5, 5.41) is 30.8. The smallest absolute Gasteiger partial charge is 0.408 e. The summed E-state index contributed by atoms with van der Waals surface area (Å²) < 4.78 is 36.0. The Kier molecular flexibility index (Phi) is 15.6. The molecule has 12 rings (SSSR count). The third-order valence-electron chi connectivity index (χ3n) is 17.0. The molecule has 0 atom stereocenters. The SMILES string of the molecule is CC(C)(C)O.Cc1nn(Cc2ccc(F)cc2)c2c1CCN(C(=O)CC13CCC(C(=O)O)(CC1)CC3)C2.Cc1nn(Cc2ccc(F)cc2)c2c1CCN(C(=O)CC13CCC(NC(=O)OC(C)(C)C)(CC1)CC3)C2. The van der Waals surface area contributed by atoms with Gasteiger partial charge in [-0.15, -0.1) is 0 Å². The Morgan fingerprint density at radius 1 is 0.622 bits per heavy atom. The average Bonchev–Trinajstić information content (AvgIpc) is 3.83. The number of halogens is 2. The number of carboxylic acids is 1. The highest BCUT2D eigenvalue weighted by Gasteiger charge is 2.54. The van der Waals surface area contributed by atoms with Gasteiger partial charge in [0.15, 0.2) is 0 Å². The number of alkyl carbamates (subject to hydrolysis) is 1. The minimum absolute atomic E-state index is 0.0268. The minimum Gasteiger partial charge on any atom is -0.481 e. The molecular weight excluding hydrogens is 945 g/mol. The van der Waals surface area contributed by atoms with Crippen LogP contribution in [-0.2, 0) is 58.1 Å². The van der Waals surface area contributed by atoms with Gasteiger partial charge in [-0.1, -0.05) is 24.3 Å². The molecule has 6 fully saturated rings. The monoisotopic (exact) mass is 1020 g/mol. The maximum absolute atomic E-state index is 13.6. The van der Waals surface area contributed by atoms with Crippen LogP contribution in [0.25, 0.3) is 0 Å². The van der Waals surface area contributed by atoms with Gasteiger partial charge in [0.25, 0.3) is 0 Å². The maximum atomic E-state index is 13.6. The number of aliphatic hydroxyl groups is 1. The lowest BCUT2D eigenvalue weighted by Gasteiger charge is -2.53. The standard InChI is InChI=1S/C29H39FN4O3.C25H30FN3O3.C4H10O/c1-20-23-9-16-33(19-24(23)34(32-20)18-21-5-7-22(30)8-6-21)25(35)17-28-10-13-29(14-11-28,15-12-28)31-26(36)37-27(2,3)4;1-17-20-6-13-28(16-21(20)29(27-17)15-18-2-4-19(26)5-3-18)22(30)14-24-7-10-25(11-8-24,12-9-24)23(31)32;1-4(2,3)5/h5-8H,9-19H2,1-4H3,(H,31,36);2-5H,6-16H2,1H3,(H,31,32);5H,1-3H3. The summed E-state index contributed by atoms with van der Waals surface area (Å²) in [7, 11) is 0. The normalized spacial score (nSPS) is 24.9. The molecule has 2 aliphatic heterocycles. The first-order valence-corrected chi connectivity index (χ1v) is 26.9. The van der Waals surface area contributed by atoms with E-state index in [0.717, 1.165) is 111 Å². The third kappa shape index (κ3) is 12.9. The van der Waals surface area contributed by atoms with Crippen molar-refractivity contribution in [1.82, 2.24) is 34.7 Å². The molecule has 0 radical (unpaired) electrons. The second-order valence-corrected chi connectivity index (χ2v) is 24.7. The molecule has 0 saturated heterocycles. The molecule has 14 nitrogen and oxygen atoms in total. The quantitative estimate of drug-likeness (QED) is 0.140. The summed E-state index contributed by atoms with van der Waals surface area (Å²) in [6, 6.07) is 13.0. The Morgan fingerprint density at radius 2 is 0.986 bits per heavy atom. The van der Waals surface area contributed by atoms with Crippen LogP contribution in [-0.4, -0.2) is 93.3 Å². The number of carboxylic acid groups (broad SMARTS) is 1. The molecule has 16 heteroatoms. The van der Waals surface area contributed by atoms with Crippen LogP contribution < -0.4 is 5.32 Å². The molecule has 2 aromatic heterocycles. The number of rotatable bonds is 10. The Morgan fingerprint density at radius 3 is 1.34 bits per heavy atom. The highest BCUT2D eigenvalue weighted by atomic mass is 19.1. The van der Waals surface area contributed by atoms with Gasteiger partial charge >= 0.3 is 12.1 Å². The average molecular weight is 1020 g/mol. The van der Waals surface area contributed by atoms with Crippen molar-refractivity contribution in [3.8, 4) is 0 Å². The third-order valence-corrected chi connectivity index (χ3v) is 17.0. The molecule has 4 bridgehead atoms. The molecular formula is C58H79F2N7O7. The molecule has 0 unspecified atom stereocenters. The van der Waals surface area contributed by atoms with Crippen molar-refractivity contribution in [3.05, 3.63) is 105 Å². The van der Waals surface area contributed by atoms with E-state index in [-0.39, 0.29) is 45.9 Å². The van der Waals surface area contributed by atoms with Crippen LogP contribution in [0.1, 0.15) is 176 Å². The van der Waals surface area contributed by atoms with E-state index in [4.69, 9.17) is 20.0 Å². The van der Waals surface area contributed by atoms with E-state index in [1.54, 1.807) is 45.0 Å². The Balaban J connectivity index is 0.000000182. The van der Waals surface area contributed by atoms with E-state index in [1.807, 2.05) is 53.8 Å². The van der Waals surface area contributed by atoms with Crippen LogP contribution >= 0.6 is 0 Å². The Labute approximate surface area is 435 Å². The molecule has 3 N–H and O–H groups in total. The fraction of sp³-hybridized carbons (Fsp3) is 0.621. The molecule has 8 aliphatic rings. The predicted octanol–water partition coefficient (Wildman–Crippen LogP) is 10.1. The van der Waals surface area contributed by atoms with E-state index >= 15 is 0 Å². The Bertz CT molecular complexity index is 2640. The first-order chi connectivity index (χ1) is 34.7. The number of carbonyl (C=O) groups is 4. The van der Waals surface area contributed by atoms with Crippen molar-refractivity contribution >= 4 is 23.9 Å². The van der Waals surface area contributed by atoms with Gasteiger partial charge in [-0.3, -0.25) is 23.7 Å². The van der Waals surface area contributed by atoms with Gasteiger partial charge in [0.1, 0.15) is 17.2 Å². The molecule has 6 aliphatic carbocycles. The minimum atomic E-state index is -0.662. The molecule has 402 valence electrons. The highest BCUT2D eigenvalue weighted by Crippen LogP contribution is 2.59. The fourth-order valence-corrected chi connectivity index (χ4v) is 12.5. The summed E-state index contributed by atoms with van der Waals surface area (Å²) in [5.41, 5.74) is 6.83. The molecule has 4 aromatic rings. The summed E-state index contributed by atoms with van der Waals surface area (Å²) in [6.45, 7) is 18.5. The maximum Gasteiger partial charge on any atom is 0.408 e. The van der Waals surface area contributed by atoms with Crippen LogP contribution in [0, 0.1) is 41.7 Å². The van der Waals surface area contributed by atoms with Gasteiger partial charge < -0.3 is 30.1 Å². The summed E-state index contributed by atoms with van der Waals surface area (Å²) in [6.07, 6.45) is 12.5. The number of aryl methyl sites for hydroxylation is 2. The number of hydrogen-bond donors (Lipinski definition) is 3. The van der Waals surface area contributed by atoms with Gasteiger partial charge in [0.2, 0.25) is 11.8 Å². The predicted molar refractivity (Wildman–Crippen MR) is 277 cm³/mol. The zero-order chi connectivity index (χ0) is 53.4. The highest BCUT2D eigenvalue weighted by molar-refractivity contribution is 5.79. The van der Waals surface area contributed by atoms with Crippen LogP contribution in [0.15, 0.2) is 48.5 Å². The van der Waals surface area contributed by atoms with E-state index < -0.39 is 22.6 Å². The van der Waals surface area contributed by atoms with E-state index in [9.17, 15) is 33.1 Å². The number of benzene rings is 2. The van der Waals surface area contributed by atoms with Crippen molar-refractivity contribution in [3.63, 3.8) is 0 Å². The lowest BCUT2D eigenvalue weighted by atomic mass is 9.53. The number of nitrogens with zero attached hydrogens (tertiary/aromatic N) is 6. The van der Waals surface area contributed by atoms with Gasteiger partial charge in [0.05, 0.1) is 60.0 Å². The van der Waals surface area contributed by atoms with Crippen molar-refractivity contribution in [2.75, 3.05) is 13.1 Å². The number of ether oxygens (including phenoxy) is 1. The first kappa shape index (κ1) is 54.6. The summed E-state index contributed by atoms with van der Waals surface area (Å²) >= 11 is 0. The number of aliphatic carboxylic acids is 1. The molecule has 4 heterocycles. The topological polar surface area (TPSA) is 172 Å². The number of nitrogens with one attached hydrogen (secondary N) is 1. The van der Waals surface area contributed by atoms with E-state index in [0.29, 0.717) is 64.8 Å². The lowest BCUT2D eigenvalue weighted by Crippen LogP contribution is -2.58. The van der Waals surface area contributed by atoms with Crippen molar-refractivity contribution < 1.29 is 42.9 Å². The van der Waals surface area contributed by atoms with E-state index in [1.165, 1.54) is 35.4 Å². The molecule has 3 amide bonds. The van der Waals surface area contributed by atoms with Crippen molar-refractivity contribution in [2.24, 2.45) is 16.2 Å². The number of hydrogen-bond acceptors (Lipinski definition) is 8. The van der Waals surface area contributed by atoms with Gasteiger partial charge in [-0.25, -0.2) is 13.6 Å². The Hall–Kier alpha value is -5.64. The van der Waals surface area contributed by atoms with Crippen molar-refractivity contribution in [2.45, 2.75) is 201 Å². The largest absolute Gasteiger partial charge is 0.481 e. The number of carbonyl (C=O) groups excluding carboxylic acids is 3. The molecule has 0 spiro atoms. The van der Waals surface area contributed by atoms with Crippen LogP contribution in [0.4, 0.5) is 13.6 Å². The summed E-state index contributed by atoms with van der Waals surface area (Å²) in [5.74, 6) is -0.776. The lowest BCUT2D eigenvalue weighted by molar-refractivity contribution is -0.160.